The van der Waals surface area contributed by atoms with E-state index >= 15 is 0 Å². The Morgan fingerprint density at radius 2 is 2.28 bits per heavy atom. The molecular weight excluding hydrogens is 270 g/mol. The maximum atomic E-state index is 11.7. The van der Waals surface area contributed by atoms with Crippen molar-refractivity contribution in [2.45, 2.75) is 13.5 Å². The van der Waals surface area contributed by atoms with Crippen LogP contribution in [0.15, 0.2) is 11.4 Å². The number of rotatable bonds is 5. The Morgan fingerprint density at radius 3 is 2.89 bits per heavy atom. The molecule has 100 valence electrons. The van der Waals surface area contributed by atoms with Crippen molar-refractivity contribution >= 4 is 21.5 Å². The van der Waals surface area contributed by atoms with Gasteiger partial charge in [0.05, 0.1) is 6.54 Å². The largest absolute Gasteiger partial charge is 0.320 e. The maximum absolute atomic E-state index is 11.7. The summed E-state index contributed by atoms with van der Waals surface area (Å²) >= 11 is 1.49. The van der Waals surface area contributed by atoms with Crippen LogP contribution in [0.3, 0.4) is 0 Å². The van der Waals surface area contributed by atoms with Gasteiger partial charge in [-0.05, 0) is 6.07 Å². The summed E-state index contributed by atoms with van der Waals surface area (Å²) in [5.41, 5.74) is 6.16. The van der Waals surface area contributed by atoms with Crippen LogP contribution >= 0.6 is 11.3 Å². The van der Waals surface area contributed by atoms with Crippen LogP contribution < -0.4 is 10.5 Å². The molecule has 0 radical (unpaired) electrons. The van der Waals surface area contributed by atoms with Crippen molar-refractivity contribution in [1.29, 1.82) is 0 Å². The number of nitrogens with one attached hydrogen (secondary N) is 1. The van der Waals surface area contributed by atoms with Crippen molar-refractivity contribution < 1.29 is 8.42 Å². The molecule has 0 unspecified atom stereocenters. The Bertz CT molecular complexity index is 540. The molecule has 5 nitrogen and oxygen atoms in total. The molecule has 1 aromatic rings. The molecule has 3 N–H and O–H groups in total. The Kier molecular flexibility index (Phi) is 5.78. The molecule has 0 aromatic carbocycles. The van der Waals surface area contributed by atoms with E-state index < -0.39 is 10.2 Å². The zero-order valence-electron chi connectivity index (χ0n) is 10.4. The minimum Gasteiger partial charge on any atom is -0.320 e. The van der Waals surface area contributed by atoms with Gasteiger partial charge in [-0.2, -0.15) is 12.7 Å². The van der Waals surface area contributed by atoms with Crippen LogP contribution in [-0.4, -0.2) is 32.9 Å². The molecule has 1 aromatic heterocycles. The average molecular weight is 287 g/mol. The second kappa shape index (κ2) is 6.87. The SMILES string of the molecule is CCNS(=O)(=O)N(C)Cc1cc(C#CCN)cs1. The van der Waals surface area contributed by atoms with E-state index in [4.69, 9.17) is 5.73 Å². The molecule has 1 heterocycles. The van der Waals surface area contributed by atoms with Gasteiger partial charge >= 0.3 is 0 Å². The molecular formula is C11H17N3O2S2. The van der Waals surface area contributed by atoms with Gasteiger partial charge in [0.2, 0.25) is 0 Å². The smallest absolute Gasteiger partial charge is 0.279 e. The standard InChI is InChI=1S/C11H17N3O2S2/c1-3-13-18(15,16)14(2)8-11-7-10(9-17-11)5-4-6-12/h7,9,13H,3,6,8,12H2,1-2H3. The minimum atomic E-state index is -3.38. The lowest BCUT2D eigenvalue weighted by atomic mass is 10.3. The zero-order chi connectivity index (χ0) is 13.6. The van der Waals surface area contributed by atoms with Crippen LogP contribution in [-0.2, 0) is 16.8 Å². The monoisotopic (exact) mass is 287 g/mol. The highest BCUT2D eigenvalue weighted by atomic mass is 32.2. The third-order valence-corrected chi connectivity index (χ3v) is 4.63. The molecule has 1 rings (SSSR count). The van der Waals surface area contributed by atoms with Crippen LogP contribution in [0.1, 0.15) is 17.4 Å². The Labute approximate surface area is 112 Å². The number of hydrogen-bond acceptors (Lipinski definition) is 4. The van der Waals surface area contributed by atoms with Gasteiger partial charge in [-0.3, -0.25) is 0 Å². The summed E-state index contributed by atoms with van der Waals surface area (Å²) in [5, 5.41) is 1.89. The molecule has 0 saturated carbocycles. The van der Waals surface area contributed by atoms with Gasteiger partial charge in [0.1, 0.15) is 0 Å². The van der Waals surface area contributed by atoms with Crippen LogP contribution in [0, 0.1) is 11.8 Å². The van der Waals surface area contributed by atoms with E-state index in [1.165, 1.54) is 15.6 Å². The normalized spacial score (nSPS) is 11.3. The lowest BCUT2D eigenvalue weighted by Crippen LogP contribution is -2.37. The molecule has 0 atom stereocenters. The van der Waals surface area contributed by atoms with Crippen LogP contribution in [0.2, 0.25) is 0 Å². The lowest BCUT2D eigenvalue weighted by molar-refractivity contribution is 0.459. The van der Waals surface area contributed by atoms with Crippen molar-refractivity contribution in [2.24, 2.45) is 5.73 Å². The number of hydrogen-bond donors (Lipinski definition) is 2. The molecule has 7 heteroatoms. The van der Waals surface area contributed by atoms with Crippen LogP contribution in [0.25, 0.3) is 0 Å². The maximum Gasteiger partial charge on any atom is 0.279 e. The molecule has 0 spiro atoms. The third-order valence-electron chi connectivity index (χ3n) is 2.10. The van der Waals surface area contributed by atoms with E-state index in [1.54, 1.807) is 14.0 Å². The average Bonchev–Trinajstić information content (AvgIpc) is 2.74. The quantitative estimate of drug-likeness (QED) is 0.767. The first-order valence-corrected chi connectivity index (χ1v) is 7.79. The van der Waals surface area contributed by atoms with Crippen molar-refractivity contribution in [2.75, 3.05) is 20.1 Å². The summed E-state index contributed by atoms with van der Waals surface area (Å²) in [6.45, 7) is 2.78. The predicted molar refractivity (Wildman–Crippen MR) is 74.3 cm³/mol. The highest BCUT2D eigenvalue weighted by Gasteiger charge is 2.16. The molecule has 0 aliphatic carbocycles. The summed E-state index contributed by atoms with van der Waals surface area (Å²) in [4.78, 5) is 0.945. The minimum absolute atomic E-state index is 0.319. The zero-order valence-corrected chi connectivity index (χ0v) is 12.1. The fourth-order valence-corrected chi connectivity index (χ4v) is 3.12. The van der Waals surface area contributed by atoms with E-state index in [9.17, 15) is 8.42 Å². The molecule has 0 amide bonds. The fourth-order valence-electron chi connectivity index (χ4n) is 1.28. The van der Waals surface area contributed by atoms with Gasteiger partial charge in [0, 0.05) is 36.0 Å². The number of nitrogens with two attached hydrogens (primary N) is 1. The second-order valence-corrected chi connectivity index (χ2v) is 6.42. The van der Waals surface area contributed by atoms with Gasteiger partial charge < -0.3 is 5.73 Å². The Balaban J connectivity index is 2.71. The summed E-state index contributed by atoms with van der Waals surface area (Å²) in [5.74, 6) is 5.68. The molecule has 0 aliphatic rings. The van der Waals surface area contributed by atoms with Gasteiger partial charge in [-0.25, -0.2) is 4.72 Å². The first kappa shape index (κ1) is 15.1. The highest BCUT2D eigenvalue weighted by Crippen LogP contribution is 2.16. The first-order chi connectivity index (χ1) is 8.49. The Hall–Kier alpha value is -0.910. The Morgan fingerprint density at radius 1 is 1.56 bits per heavy atom. The summed E-state index contributed by atoms with van der Waals surface area (Å²) in [7, 11) is -1.84. The highest BCUT2D eigenvalue weighted by molar-refractivity contribution is 7.87. The molecule has 0 aliphatic heterocycles. The lowest BCUT2D eigenvalue weighted by Gasteiger charge is -2.15. The second-order valence-electron chi connectivity index (χ2n) is 3.57. The van der Waals surface area contributed by atoms with Gasteiger partial charge in [0.25, 0.3) is 10.2 Å². The fraction of sp³-hybridized carbons (Fsp3) is 0.455. The van der Waals surface area contributed by atoms with Crippen molar-refractivity contribution in [1.82, 2.24) is 9.03 Å². The van der Waals surface area contributed by atoms with E-state index in [-0.39, 0.29) is 0 Å². The van der Waals surface area contributed by atoms with Gasteiger partial charge in [-0.1, -0.05) is 18.8 Å². The molecule has 0 fully saturated rings. The van der Waals surface area contributed by atoms with E-state index in [0.29, 0.717) is 19.6 Å². The van der Waals surface area contributed by atoms with Crippen LogP contribution in [0.5, 0.6) is 0 Å². The first-order valence-electron chi connectivity index (χ1n) is 5.47. The summed E-state index contributed by atoms with van der Waals surface area (Å²) in [6.07, 6.45) is 0. The summed E-state index contributed by atoms with van der Waals surface area (Å²) in [6, 6.07) is 1.88. The van der Waals surface area contributed by atoms with E-state index in [2.05, 4.69) is 16.6 Å². The summed E-state index contributed by atoms with van der Waals surface area (Å²) < 4.78 is 27.1. The van der Waals surface area contributed by atoms with E-state index in [0.717, 1.165) is 10.4 Å². The van der Waals surface area contributed by atoms with Crippen LogP contribution in [0.4, 0.5) is 0 Å². The molecule has 18 heavy (non-hydrogen) atoms. The predicted octanol–water partition coefficient (Wildman–Crippen LogP) is 0.344. The molecule has 0 saturated heterocycles. The van der Waals surface area contributed by atoms with Gasteiger partial charge in [-0.15, -0.1) is 11.3 Å². The third kappa shape index (κ3) is 4.40. The number of nitrogens with zero attached hydrogens (tertiary/aromatic N) is 1. The van der Waals surface area contributed by atoms with E-state index in [1.807, 2.05) is 11.4 Å². The van der Waals surface area contributed by atoms with Crippen molar-refractivity contribution in [3.8, 4) is 11.8 Å². The van der Waals surface area contributed by atoms with Crippen molar-refractivity contribution in [3.63, 3.8) is 0 Å². The van der Waals surface area contributed by atoms with Crippen molar-refractivity contribution in [3.05, 3.63) is 21.9 Å². The topological polar surface area (TPSA) is 75.4 Å². The molecule has 0 bridgehead atoms. The van der Waals surface area contributed by atoms with Gasteiger partial charge in [0.15, 0.2) is 0 Å². The number of thiophene rings is 1.